The molecule has 1 aromatic carbocycles. The van der Waals surface area contributed by atoms with Gasteiger partial charge in [0, 0.05) is 0 Å². The van der Waals surface area contributed by atoms with E-state index in [1.807, 2.05) is 6.92 Å². The van der Waals surface area contributed by atoms with E-state index in [0.29, 0.717) is 6.92 Å². The van der Waals surface area contributed by atoms with Crippen molar-refractivity contribution in [2.75, 3.05) is 0 Å². The van der Waals surface area contributed by atoms with Gasteiger partial charge in [-0.2, -0.15) is 8.78 Å². The zero-order chi connectivity index (χ0) is 10.1. The third-order valence-corrected chi connectivity index (χ3v) is 2.91. The standard InChI is InChI=1S/C9H10F2OS/c1-7-3-5-8(6-4-7)13(12)9(2,10)11/h3-6H,1-2H3. The summed E-state index contributed by atoms with van der Waals surface area (Å²) in [6.45, 7) is 2.50. The average molecular weight is 204 g/mol. The first-order valence-corrected chi connectivity index (χ1v) is 4.92. The molecule has 0 aliphatic rings. The molecule has 1 atom stereocenters. The molecule has 0 bridgehead atoms. The van der Waals surface area contributed by atoms with E-state index in [-0.39, 0.29) is 4.90 Å². The second-order valence-electron chi connectivity index (χ2n) is 2.89. The molecule has 0 radical (unpaired) electrons. The van der Waals surface area contributed by atoms with Gasteiger partial charge in [-0.15, -0.1) is 0 Å². The summed E-state index contributed by atoms with van der Waals surface area (Å²) in [6, 6.07) is 6.25. The van der Waals surface area contributed by atoms with Crippen molar-refractivity contribution in [1.29, 1.82) is 0 Å². The summed E-state index contributed by atoms with van der Waals surface area (Å²) in [5, 5.41) is -3.17. The molecule has 1 unspecified atom stereocenters. The van der Waals surface area contributed by atoms with Gasteiger partial charge < -0.3 is 4.55 Å². The highest BCUT2D eigenvalue weighted by Crippen LogP contribution is 2.28. The van der Waals surface area contributed by atoms with E-state index >= 15 is 0 Å². The highest BCUT2D eigenvalue weighted by atomic mass is 32.2. The van der Waals surface area contributed by atoms with Crippen molar-refractivity contribution in [3.05, 3.63) is 29.8 Å². The number of rotatable bonds is 2. The quantitative estimate of drug-likeness (QED) is 0.679. The molecule has 1 rings (SSSR count). The van der Waals surface area contributed by atoms with E-state index in [1.165, 1.54) is 12.1 Å². The molecule has 0 aromatic heterocycles. The molecule has 1 aromatic rings. The van der Waals surface area contributed by atoms with Crippen molar-refractivity contribution in [3.63, 3.8) is 0 Å². The molecule has 0 aliphatic heterocycles. The van der Waals surface area contributed by atoms with Crippen LogP contribution in [0.15, 0.2) is 29.2 Å². The molecule has 0 spiro atoms. The van der Waals surface area contributed by atoms with Gasteiger partial charge >= 0.3 is 5.25 Å². The zero-order valence-electron chi connectivity index (χ0n) is 7.38. The minimum Gasteiger partial charge on any atom is -0.607 e. The average Bonchev–Trinajstić information content (AvgIpc) is 2.03. The van der Waals surface area contributed by atoms with Crippen LogP contribution in [0.1, 0.15) is 12.5 Å². The Morgan fingerprint density at radius 1 is 1.23 bits per heavy atom. The smallest absolute Gasteiger partial charge is 0.408 e. The Bertz CT molecular complexity index is 279. The molecular formula is C9H10F2OS. The van der Waals surface area contributed by atoms with Gasteiger partial charge in [0.2, 0.25) is 0 Å². The van der Waals surface area contributed by atoms with Crippen LogP contribution in [0.3, 0.4) is 0 Å². The summed E-state index contributed by atoms with van der Waals surface area (Å²) in [5.41, 5.74) is 0.958. The molecule has 0 aliphatic carbocycles. The van der Waals surface area contributed by atoms with Gasteiger partial charge in [0.1, 0.15) is 0 Å². The summed E-state index contributed by atoms with van der Waals surface area (Å²) in [5.74, 6) is 0. The molecule has 0 fully saturated rings. The second kappa shape index (κ2) is 3.64. The number of hydrogen-bond acceptors (Lipinski definition) is 1. The first-order chi connectivity index (χ1) is 5.91. The van der Waals surface area contributed by atoms with Gasteiger partial charge in [0.25, 0.3) is 0 Å². The number of alkyl halides is 2. The molecule has 1 nitrogen and oxygen atoms in total. The number of benzene rings is 1. The molecule has 13 heavy (non-hydrogen) atoms. The van der Waals surface area contributed by atoms with Crippen molar-refractivity contribution in [2.24, 2.45) is 0 Å². The van der Waals surface area contributed by atoms with Gasteiger partial charge in [-0.1, -0.05) is 17.7 Å². The summed E-state index contributed by atoms with van der Waals surface area (Å²) < 4.78 is 36.3. The third kappa shape index (κ3) is 2.67. The van der Waals surface area contributed by atoms with Crippen molar-refractivity contribution in [2.45, 2.75) is 24.0 Å². The molecule has 0 amide bonds. The summed E-state index contributed by atoms with van der Waals surface area (Å²) in [6.07, 6.45) is 0. The predicted octanol–water partition coefficient (Wildman–Crippen LogP) is 2.72. The number of halogens is 2. The Balaban J connectivity index is 2.90. The van der Waals surface area contributed by atoms with Crippen molar-refractivity contribution < 1.29 is 13.3 Å². The Morgan fingerprint density at radius 2 is 1.69 bits per heavy atom. The highest BCUT2D eigenvalue weighted by molar-refractivity contribution is 7.92. The third-order valence-electron chi connectivity index (χ3n) is 1.56. The van der Waals surface area contributed by atoms with E-state index in [9.17, 15) is 13.3 Å². The largest absolute Gasteiger partial charge is 0.607 e. The molecule has 4 heteroatoms. The highest BCUT2D eigenvalue weighted by Gasteiger charge is 2.38. The van der Waals surface area contributed by atoms with Crippen LogP contribution in [0.25, 0.3) is 0 Å². The van der Waals surface area contributed by atoms with Crippen LogP contribution < -0.4 is 0 Å². The lowest BCUT2D eigenvalue weighted by atomic mass is 10.2. The van der Waals surface area contributed by atoms with Crippen molar-refractivity contribution in [3.8, 4) is 0 Å². The SMILES string of the molecule is Cc1ccc([S+]([O-])C(C)(F)F)cc1. The lowest BCUT2D eigenvalue weighted by Gasteiger charge is -2.15. The zero-order valence-corrected chi connectivity index (χ0v) is 8.20. The van der Waals surface area contributed by atoms with E-state index < -0.39 is 16.4 Å². The minimum absolute atomic E-state index is 0.165. The maximum Gasteiger partial charge on any atom is 0.408 e. The van der Waals surface area contributed by atoms with Crippen LogP contribution in [0, 0.1) is 6.92 Å². The molecule has 0 saturated heterocycles. The van der Waals surface area contributed by atoms with Crippen LogP contribution >= 0.6 is 0 Å². The molecule has 0 N–H and O–H groups in total. The maximum atomic E-state index is 12.6. The van der Waals surface area contributed by atoms with Crippen LogP contribution in [-0.4, -0.2) is 9.81 Å². The van der Waals surface area contributed by atoms with Gasteiger partial charge in [0.05, 0.1) is 18.1 Å². The fourth-order valence-corrected chi connectivity index (χ4v) is 1.67. The lowest BCUT2D eigenvalue weighted by Crippen LogP contribution is -2.24. The Kier molecular flexibility index (Phi) is 2.93. The first kappa shape index (κ1) is 10.5. The second-order valence-corrected chi connectivity index (χ2v) is 4.62. The van der Waals surface area contributed by atoms with E-state index in [4.69, 9.17) is 0 Å². The van der Waals surface area contributed by atoms with Crippen molar-refractivity contribution in [1.82, 2.24) is 0 Å². The normalized spacial score (nSPS) is 14.2. The van der Waals surface area contributed by atoms with E-state index in [1.54, 1.807) is 12.1 Å². The Morgan fingerprint density at radius 3 is 2.08 bits per heavy atom. The van der Waals surface area contributed by atoms with Gasteiger partial charge in [-0.25, -0.2) is 0 Å². The monoisotopic (exact) mass is 204 g/mol. The van der Waals surface area contributed by atoms with E-state index in [2.05, 4.69) is 0 Å². The molecule has 72 valence electrons. The summed E-state index contributed by atoms with van der Waals surface area (Å²) in [7, 11) is 0. The van der Waals surface area contributed by atoms with Crippen LogP contribution in [-0.2, 0) is 11.2 Å². The lowest BCUT2D eigenvalue weighted by molar-refractivity contribution is 0.114. The fraction of sp³-hybridized carbons (Fsp3) is 0.333. The fourth-order valence-electron chi connectivity index (χ4n) is 0.869. The van der Waals surface area contributed by atoms with Gasteiger partial charge in [-0.05, 0) is 19.1 Å². The van der Waals surface area contributed by atoms with E-state index in [0.717, 1.165) is 5.56 Å². The minimum atomic E-state index is -3.17. The molecule has 0 saturated carbocycles. The van der Waals surface area contributed by atoms with Crippen LogP contribution in [0.2, 0.25) is 0 Å². The Hall–Kier alpha value is -0.610. The Labute approximate surface area is 79.0 Å². The molecular weight excluding hydrogens is 194 g/mol. The van der Waals surface area contributed by atoms with Gasteiger partial charge in [0.15, 0.2) is 4.90 Å². The number of hydrogen-bond donors (Lipinski definition) is 0. The molecule has 0 heterocycles. The number of aryl methyl sites for hydroxylation is 1. The first-order valence-electron chi connectivity index (χ1n) is 3.77. The summed E-state index contributed by atoms with van der Waals surface area (Å²) in [4.78, 5) is 0.165. The maximum absolute atomic E-state index is 12.6. The predicted molar refractivity (Wildman–Crippen MR) is 48.2 cm³/mol. The van der Waals surface area contributed by atoms with Crippen LogP contribution in [0.5, 0.6) is 0 Å². The topological polar surface area (TPSA) is 23.1 Å². The van der Waals surface area contributed by atoms with Crippen molar-refractivity contribution >= 4 is 11.2 Å². The van der Waals surface area contributed by atoms with Gasteiger partial charge in [-0.3, -0.25) is 0 Å². The summed E-state index contributed by atoms with van der Waals surface area (Å²) >= 11 is -2.24. The van der Waals surface area contributed by atoms with Crippen LogP contribution in [0.4, 0.5) is 8.78 Å².